The largest absolute Gasteiger partial charge is 0.380 e. The van der Waals surface area contributed by atoms with E-state index in [1.807, 2.05) is 19.1 Å². The summed E-state index contributed by atoms with van der Waals surface area (Å²) in [6, 6.07) is 13.8. The Kier molecular flexibility index (Phi) is 4.92. The Morgan fingerprint density at radius 2 is 1.80 bits per heavy atom. The number of carbonyl (C=O) groups excluding carboxylic acids is 2. The van der Waals surface area contributed by atoms with Crippen LogP contribution in [0.15, 0.2) is 48.5 Å². The molecule has 3 rings (SSSR count). The first kappa shape index (κ1) is 17.3. The first-order valence-corrected chi connectivity index (χ1v) is 8.26. The Hall–Kier alpha value is -2.57. The molecule has 0 radical (unpaired) electrons. The summed E-state index contributed by atoms with van der Waals surface area (Å²) in [7, 11) is 0. The van der Waals surface area contributed by atoms with Gasteiger partial charge < -0.3 is 10.2 Å². The first-order chi connectivity index (χ1) is 12.0. The van der Waals surface area contributed by atoms with Gasteiger partial charge in [-0.05, 0) is 55.5 Å². The van der Waals surface area contributed by atoms with E-state index in [1.165, 1.54) is 0 Å². The van der Waals surface area contributed by atoms with E-state index in [0.717, 1.165) is 11.4 Å². The third kappa shape index (κ3) is 3.60. The molecule has 1 saturated heterocycles. The van der Waals surface area contributed by atoms with Crippen LogP contribution in [0.2, 0.25) is 5.02 Å². The SMILES string of the molecule is C[C@@H]1C(Nc2ccc(C(=O)NO)cc2)CC(=O)N1c1ccc(Cl)cc1. The summed E-state index contributed by atoms with van der Waals surface area (Å²) in [5.41, 5.74) is 3.57. The van der Waals surface area contributed by atoms with Crippen LogP contribution in [0.25, 0.3) is 0 Å². The molecule has 2 amide bonds. The number of rotatable bonds is 4. The zero-order valence-corrected chi connectivity index (χ0v) is 14.3. The second-order valence-electron chi connectivity index (χ2n) is 5.95. The lowest BCUT2D eigenvalue weighted by atomic mass is 10.1. The van der Waals surface area contributed by atoms with Gasteiger partial charge in [0.05, 0.1) is 12.1 Å². The topological polar surface area (TPSA) is 81.7 Å². The van der Waals surface area contributed by atoms with Crippen LogP contribution < -0.4 is 15.7 Å². The van der Waals surface area contributed by atoms with Crippen molar-refractivity contribution in [2.24, 2.45) is 0 Å². The van der Waals surface area contributed by atoms with Crippen LogP contribution in [-0.2, 0) is 4.79 Å². The second-order valence-corrected chi connectivity index (χ2v) is 6.39. The fourth-order valence-corrected chi connectivity index (χ4v) is 3.14. The molecule has 0 spiro atoms. The van der Waals surface area contributed by atoms with E-state index in [2.05, 4.69) is 5.32 Å². The molecule has 1 aliphatic heterocycles. The van der Waals surface area contributed by atoms with Crippen LogP contribution in [0.3, 0.4) is 0 Å². The molecule has 0 aliphatic carbocycles. The fraction of sp³-hybridized carbons (Fsp3) is 0.222. The number of nitrogens with one attached hydrogen (secondary N) is 2. The summed E-state index contributed by atoms with van der Waals surface area (Å²) in [5, 5.41) is 12.6. The van der Waals surface area contributed by atoms with Crippen molar-refractivity contribution in [2.45, 2.75) is 25.4 Å². The zero-order chi connectivity index (χ0) is 18.0. The number of benzene rings is 2. The molecular formula is C18H18ClN3O3. The van der Waals surface area contributed by atoms with Gasteiger partial charge in [0, 0.05) is 28.4 Å². The molecule has 130 valence electrons. The molecule has 6 nitrogen and oxygen atoms in total. The highest BCUT2D eigenvalue weighted by atomic mass is 35.5. The van der Waals surface area contributed by atoms with Gasteiger partial charge in [-0.3, -0.25) is 14.8 Å². The third-order valence-electron chi connectivity index (χ3n) is 4.36. The number of amides is 2. The van der Waals surface area contributed by atoms with E-state index < -0.39 is 5.91 Å². The van der Waals surface area contributed by atoms with Crippen molar-refractivity contribution in [3.63, 3.8) is 0 Å². The Bertz CT molecular complexity index is 777. The average Bonchev–Trinajstić information content (AvgIpc) is 2.89. The van der Waals surface area contributed by atoms with Gasteiger partial charge in [0.1, 0.15) is 0 Å². The van der Waals surface area contributed by atoms with Gasteiger partial charge in [-0.2, -0.15) is 0 Å². The van der Waals surface area contributed by atoms with E-state index in [0.29, 0.717) is 17.0 Å². The van der Waals surface area contributed by atoms with Crippen molar-refractivity contribution in [3.8, 4) is 0 Å². The zero-order valence-electron chi connectivity index (χ0n) is 13.6. The maximum absolute atomic E-state index is 12.4. The van der Waals surface area contributed by atoms with Crippen molar-refractivity contribution in [2.75, 3.05) is 10.2 Å². The van der Waals surface area contributed by atoms with Crippen molar-refractivity contribution >= 4 is 34.8 Å². The lowest BCUT2D eigenvalue weighted by Gasteiger charge is -2.26. The standard InChI is InChI=1S/C18H18ClN3O3/c1-11-16(20-14-6-2-12(3-7-14)18(24)21-25)10-17(23)22(11)15-8-4-13(19)5-9-15/h2-9,11,16,20,25H,10H2,1H3,(H,21,24)/t11-,16?/m1/s1. The minimum Gasteiger partial charge on any atom is -0.380 e. The molecule has 0 aromatic heterocycles. The van der Waals surface area contributed by atoms with Crippen LogP contribution in [0, 0.1) is 0 Å². The predicted molar refractivity (Wildman–Crippen MR) is 96.1 cm³/mol. The van der Waals surface area contributed by atoms with E-state index >= 15 is 0 Å². The van der Waals surface area contributed by atoms with Gasteiger partial charge in [-0.25, -0.2) is 5.48 Å². The molecule has 0 bridgehead atoms. The van der Waals surface area contributed by atoms with Gasteiger partial charge in [0.2, 0.25) is 5.91 Å². The highest BCUT2D eigenvalue weighted by molar-refractivity contribution is 6.30. The quantitative estimate of drug-likeness (QED) is 0.579. The monoisotopic (exact) mass is 359 g/mol. The Balaban J connectivity index is 1.72. The van der Waals surface area contributed by atoms with Crippen molar-refractivity contribution < 1.29 is 14.8 Å². The van der Waals surface area contributed by atoms with Crippen LogP contribution in [0.1, 0.15) is 23.7 Å². The maximum atomic E-state index is 12.4. The predicted octanol–water partition coefficient (Wildman–Crippen LogP) is 3.06. The summed E-state index contributed by atoms with van der Waals surface area (Å²) in [6.45, 7) is 1.99. The molecule has 2 atom stereocenters. The van der Waals surface area contributed by atoms with E-state index in [1.54, 1.807) is 46.8 Å². The molecule has 0 saturated carbocycles. The van der Waals surface area contributed by atoms with Gasteiger partial charge >= 0.3 is 0 Å². The van der Waals surface area contributed by atoms with Crippen LogP contribution in [-0.4, -0.2) is 29.1 Å². The molecule has 1 aliphatic rings. The lowest BCUT2D eigenvalue weighted by Crippen LogP contribution is -2.37. The number of halogens is 1. The van der Waals surface area contributed by atoms with Gasteiger partial charge in [-0.15, -0.1) is 0 Å². The first-order valence-electron chi connectivity index (χ1n) is 7.88. The fourth-order valence-electron chi connectivity index (χ4n) is 3.01. The summed E-state index contributed by atoms with van der Waals surface area (Å²) >= 11 is 5.91. The molecule has 25 heavy (non-hydrogen) atoms. The van der Waals surface area contributed by atoms with Gasteiger partial charge in [0.25, 0.3) is 5.91 Å². The maximum Gasteiger partial charge on any atom is 0.274 e. The minimum absolute atomic E-state index is 0.0332. The highest BCUT2D eigenvalue weighted by Crippen LogP contribution is 2.29. The van der Waals surface area contributed by atoms with Crippen LogP contribution in [0.4, 0.5) is 11.4 Å². The second kappa shape index (κ2) is 7.13. The number of carbonyl (C=O) groups is 2. The van der Waals surface area contributed by atoms with E-state index in [9.17, 15) is 9.59 Å². The molecule has 2 aromatic rings. The minimum atomic E-state index is -0.565. The smallest absolute Gasteiger partial charge is 0.274 e. The number of hydroxylamine groups is 1. The number of hydrogen-bond donors (Lipinski definition) is 3. The van der Waals surface area contributed by atoms with Gasteiger partial charge in [0.15, 0.2) is 0 Å². The van der Waals surface area contributed by atoms with Crippen molar-refractivity contribution in [3.05, 3.63) is 59.1 Å². The molecule has 3 N–H and O–H groups in total. The summed E-state index contributed by atoms with van der Waals surface area (Å²) < 4.78 is 0. The van der Waals surface area contributed by atoms with Crippen molar-refractivity contribution in [1.82, 2.24) is 5.48 Å². The van der Waals surface area contributed by atoms with Crippen LogP contribution >= 0.6 is 11.6 Å². The third-order valence-corrected chi connectivity index (χ3v) is 4.61. The Morgan fingerprint density at radius 3 is 2.40 bits per heavy atom. The number of anilines is 2. The Morgan fingerprint density at radius 1 is 1.16 bits per heavy atom. The number of hydrogen-bond acceptors (Lipinski definition) is 4. The average molecular weight is 360 g/mol. The molecule has 1 unspecified atom stereocenters. The van der Waals surface area contributed by atoms with Gasteiger partial charge in [-0.1, -0.05) is 11.6 Å². The highest BCUT2D eigenvalue weighted by Gasteiger charge is 2.37. The molecule has 1 fully saturated rings. The molecule has 1 heterocycles. The number of nitrogens with zero attached hydrogens (tertiary/aromatic N) is 1. The summed E-state index contributed by atoms with van der Waals surface area (Å²) in [6.07, 6.45) is 0.378. The van der Waals surface area contributed by atoms with E-state index in [4.69, 9.17) is 16.8 Å². The molecule has 2 aromatic carbocycles. The van der Waals surface area contributed by atoms with Crippen molar-refractivity contribution in [1.29, 1.82) is 0 Å². The molecular weight excluding hydrogens is 342 g/mol. The van der Waals surface area contributed by atoms with E-state index in [-0.39, 0.29) is 18.0 Å². The lowest BCUT2D eigenvalue weighted by molar-refractivity contribution is -0.117. The molecule has 7 heteroatoms. The normalized spacial score (nSPS) is 19.8. The Labute approximate surface area is 150 Å². The van der Waals surface area contributed by atoms with Crippen LogP contribution in [0.5, 0.6) is 0 Å². The summed E-state index contributed by atoms with van der Waals surface area (Å²) in [4.78, 5) is 25.5. The summed E-state index contributed by atoms with van der Waals surface area (Å²) in [5.74, 6) is -0.520.